The third kappa shape index (κ3) is 3.27. The molecule has 9 heteroatoms. The Morgan fingerprint density at radius 2 is 2.25 bits per heavy atom. The minimum absolute atomic E-state index is 0.0493. The van der Waals surface area contributed by atoms with Crippen molar-refractivity contribution in [2.45, 2.75) is 18.8 Å². The highest BCUT2D eigenvalue weighted by atomic mass is 32.1. The van der Waals surface area contributed by atoms with Crippen molar-refractivity contribution in [1.29, 1.82) is 0 Å². The molecule has 7 nitrogen and oxygen atoms in total. The van der Waals surface area contributed by atoms with Crippen LogP contribution in [0.1, 0.15) is 35.1 Å². The Bertz CT molecular complexity index is 1070. The number of rotatable bonds is 4. The van der Waals surface area contributed by atoms with Gasteiger partial charge in [0.2, 0.25) is 11.8 Å². The normalized spacial score (nSPS) is 17.1. The number of carbonyl (C=O) groups excluding carboxylic acids is 1. The molecule has 0 spiro atoms. The van der Waals surface area contributed by atoms with E-state index in [0.717, 1.165) is 29.0 Å². The van der Waals surface area contributed by atoms with Crippen LogP contribution in [0.3, 0.4) is 0 Å². The van der Waals surface area contributed by atoms with Gasteiger partial charge >= 0.3 is 0 Å². The Morgan fingerprint density at radius 3 is 3.07 bits per heavy atom. The predicted molar refractivity (Wildman–Crippen MR) is 107 cm³/mol. The van der Waals surface area contributed by atoms with Crippen LogP contribution in [0.25, 0.3) is 22.0 Å². The van der Waals surface area contributed by atoms with E-state index in [2.05, 4.69) is 20.4 Å². The molecule has 142 valence electrons. The quantitative estimate of drug-likeness (QED) is 0.542. The van der Waals surface area contributed by atoms with Gasteiger partial charge in [-0.15, -0.1) is 21.5 Å². The van der Waals surface area contributed by atoms with Gasteiger partial charge in [0.05, 0.1) is 16.5 Å². The summed E-state index contributed by atoms with van der Waals surface area (Å²) >= 11 is 3.20. The summed E-state index contributed by atoms with van der Waals surface area (Å²) in [4.78, 5) is 15.8. The van der Waals surface area contributed by atoms with Crippen LogP contribution in [0.2, 0.25) is 0 Å². The fourth-order valence-electron chi connectivity index (χ4n) is 3.42. The molecule has 5 rings (SSSR count). The average Bonchev–Trinajstić information content (AvgIpc) is 3.52. The summed E-state index contributed by atoms with van der Waals surface area (Å²) in [5.74, 6) is 1.11. The fraction of sp³-hybridized carbons (Fsp3) is 0.263. The summed E-state index contributed by atoms with van der Waals surface area (Å²) in [6.45, 7) is 1.27. The van der Waals surface area contributed by atoms with Gasteiger partial charge in [0.1, 0.15) is 0 Å². The lowest BCUT2D eigenvalue weighted by atomic mass is 9.98. The van der Waals surface area contributed by atoms with Gasteiger partial charge in [-0.1, -0.05) is 6.07 Å². The van der Waals surface area contributed by atoms with Crippen molar-refractivity contribution in [2.24, 2.45) is 0 Å². The molecule has 0 aliphatic carbocycles. The van der Waals surface area contributed by atoms with E-state index in [4.69, 9.17) is 4.42 Å². The smallest absolute Gasteiger partial charge is 0.274 e. The summed E-state index contributed by atoms with van der Waals surface area (Å²) < 4.78 is 5.88. The molecular weight excluding hydrogens is 394 g/mol. The third-order valence-corrected chi connectivity index (χ3v) is 6.44. The van der Waals surface area contributed by atoms with Crippen LogP contribution in [0.15, 0.2) is 44.8 Å². The van der Waals surface area contributed by atoms with Crippen molar-refractivity contribution in [3.05, 3.63) is 52.0 Å². The van der Waals surface area contributed by atoms with Gasteiger partial charge in [0, 0.05) is 24.0 Å². The lowest BCUT2D eigenvalue weighted by Crippen LogP contribution is -2.39. The first-order valence-electron chi connectivity index (χ1n) is 9.02. The SMILES string of the molecule is O=C(c1cc(-c2cccs2)[nH]n1)N1CCC[C@@H](c2nnc(-c3ccsc3)o2)C1. The van der Waals surface area contributed by atoms with Gasteiger partial charge < -0.3 is 9.32 Å². The maximum atomic E-state index is 12.9. The number of aromatic amines is 1. The molecule has 28 heavy (non-hydrogen) atoms. The number of piperidine rings is 1. The molecule has 1 aliphatic heterocycles. The Kier molecular flexibility index (Phi) is 4.53. The van der Waals surface area contributed by atoms with Crippen LogP contribution in [-0.4, -0.2) is 44.3 Å². The van der Waals surface area contributed by atoms with E-state index in [1.807, 2.05) is 45.3 Å². The van der Waals surface area contributed by atoms with Crippen LogP contribution >= 0.6 is 22.7 Å². The van der Waals surface area contributed by atoms with Crippen molar-refractivity contribution in [3.63, 3.8) is 0 Å². The lowest BCUT2D eigenvalue weighted by molar-refractivity contribution is 0.0692. The van der Waals surface area contributed by atoms with Gasteiger partial charge in [-0.3, -0.25) is 9.89 Å². The largest absolute Gasteiger partial charge is 0.420 e. The summed E-state index contributed by atoms with van der Waals surface area (Å²) in [7, 11) is 0. The van der Waals surface area contributed by atoms with E-state index in [9.17, 15) is 4.79 Å². The monoisotopic (exact) mass is 411 g/mol. The van der Waals surface area contributed by atoms with E-state index in [-0.39, 0.29) is 11.8 Å². The molecular formula is C19H17N5O2S2. The number of amides is 1. The minimum Gasteiger partial charge on any atom is -0.420 e. The zero-order valence-corrected chi connectivity index (χ0v) is 16.5. The van der Waals surface area contributed by atoms with E-state index >= 15 is 0 Å². The number of likely N-dealkylation sites (tertiary alicyclic amines) is 1. The maximum Gasteiger partial charge on any atom is 0.274 e. The molecule has 0 saturated carbocycles. The lowest BCUT2D eigenvalue weighted by Gasteiger charge is -2.30. The molecule has 0 unspecified atom stereocenters. The number of aromatic nitrogens is 4. The van der Waals surface area contributed by atoms with Crippen LogP contribution in [0.4, 0.5) is 0 Å². The Labute approximate surface area is 169 Å². The topological polar surface area (TPSA) is 87.9 Å². The highest BCUT2D eigenvalue weighted by molar-refractivity contribution is 7.13. The zero-order valence-electron chi connectivity index (χ0n) is 14.9. The molecule has 1 aliphatic rings. The summed E-state index contributed by atoms with van der Waals surface area (Å²) in [5.41, 5.74) is 2.24. The molecule has 1 N–H and O–H groups in total. The number of hydrogen-bond donors (Lipinski definition) is 1. The van der Waals surface area contributed by atoms with Crippen molar-refractivity contribution < 1.29 is 9.21 Å². The van der Waals surface area contributed by atoms with Gasteiger partial charge in [0.15, 0.2) is 5.69 Å². The Balaban J connectivity index is 1.31. The first-order valence-corrected chi connectivity index (χ1v) is 10.8. The molecule has 0 bridgehead atoms. The molecule has 4 aromatic rings. The number of nitrogens with one attached hydrogen (secondary N) is 1. The van der Waals surface area contributed by atoms with E-state index in [1.54, 1.807) is 22.7 Å². The average molecular weight is 412 g/mol. The first kappa shape index (κ1) is 17.3. The van der Waals surface area contributed by atoms with Gasteiger partial charge in [0.25, 0.3) is 5.91 Å². The second kappa shape index (κ2) is 7.33. The maximum absolute atomic E-state index is 12.9. The number of hydrogen-bond acceptors (Lipinski definition) is 7. The van der Waals surface area contributed by atoms with E-state index in [0.29, 0.717) is 30.6 Å². The van der Waals surface area contributed by atoms with Crippen LogP contribution in [0, 0.1) is 0 Å². The minimum atomic E-state index is -0.0682. The second-order valence-corrected chi connectivity index (χ2v) is 8.42. The van der Waals surface area contributed by atoms with E-state index < -0.39 is 0 Å². The van der Waals surface area contributed by atoms with Gasteiger partial charge in [-0.2, -0.15) is 16.4 Å². The predicted octanol–water partition coefficient (Wildman–Crippen LogP) is 4.27. The van der Waals surface area contributed by atoms with Gasteiger partial charge in [-0.25, -0.2) is 0 Å². The van der Waals surface area contributed by atoms with Crippen LogP contribution in [-0.2, 0) is 0 Å². The van der Waals surface area contributed by atoms with Crippen molar-refractivity contribution >= 4 is 28.6 Å². The molecule has 1 fully saturated rings. The number of nitrogens with zero attached hydrogens (tertiary/aromatic N) is 4. The molecule has 5 heterocycles. The number of carbonyl (C=O) groups is 1. The molecule has 1 atom stereocenters. The second-order valence-electron chi connectivity index (χ2n) is 6.69. The Morgan fingerprint density at radius 1 is 1.29 bits per heavy atom. The number of H-pyrrole nitrogens is 1. The van der Waals surface area contributed by atoms with Crippen molar-refractivity contribution in [1.82, 2.24) is 25.3 Å². The summed E-state index contributed by atoms with van der Waals surface area (Å²) in [6, 6.07) is 7.76. The molecule has 0 radical (unpaired) electrons. The van der Waals surface area contributed by atoms with Crippen molar-refractivity contribution in [3.8, 4) is 22.0 Å². The third-order valence-electron chi connectivity index (χ3n) is 4.85. The summed E-state index contributed by atoms with van der Waals surface area (Å²) in [5, 5.41) is 21.5. The molecule has 1 amide bonds. The molecule has 1 saturated heterocycles. The summed E-state index contributed by atoms with van der Waals surface area (Å²) in [6.07, 6.45) is 1.82. The van der Waals surface area contributed by atoms with Crippen LogP contribution in [0.5, 0.6) is 0 Å². The molecule has 4 aromatic heterocycles. The zero-order chi connectivity index (χ0) is 18.9. The van der Waals surface area contributed by atoms with Crippen LogP contribution < -0.4 is 0 Å². The van der Waals surface area contributed by atoms with Crippen molar-refractivity contribution in [2.75, 3.05) is 13.1 Å². The highest BCUT2D eigenvalue weighted by Gasteiger charge is 2.30. The Hall–Kier alpha value is -2.78. The molecule has 0 aromatic carbocycles. The van der Waals surface area contributed by atoms with Gasteiger partial charge in [-0.05, 0) is 41.8 Å². The standard InChI is InChI=1S/C19H17N5O2S2/c25-19(15-9-14(20-21-15)16-4-2-7-28-16)24-6-1-3-12(10-24)17-22-23-18(26-17)13-5-8-27-11-13/h2,4-5,7-9,11-12H,1,3,6,10H2,(H,20,21)/t12-/m1/s1. The first-order chi connectivity index (χ1) is 13.8. The highest BCUT2D eigenvalue weighted by Crippen LogP contribution is 2.30. The van der Waals surface area contributed by atoms with E-state index in [1.165, 1.54) is 0 Å². The number of thiophene rings is 2. The fourth-order valence-corrected chi connectivity index (χ4v) is 4.74.